The van der Waals surface area contributed by atoms with E-state index >= 15 is 0 Å². The van der Waals surface area contributed by atoms with Crippen molar-refractivity contribution in [2.45, 2.75) is 0 Å². The number of nitrogens with one attached hydrogen (secondary N) is 2. The topological polar surface area (TPSA) is 84.2 Å². The van der Waals surface area contributed by atoms with Crippen molar-refractivity contribution in [1.82, 2.24) is 5.43 Å². The third-order valence-corrected chi connectivity index (χ3v) is 3.19. The number of anilines is 1. The maximum atomic E-state index is 12.1. The molecule has 2 aromatic rings. The lowest BCUT2D eigenvalue weighted by Crippen LogP contribution is -2.31. The van der Waals surface area contributed by atoms with Crippen LogP contribution in [0.25, 0.3) is 0 Å². The van der Waals surface area contributed by atoms with Crippen molar-refractivity contribution in [2.75, 3.05) is 5.32 Å². The Hall–Kier alpha value is -2.18. The molecule has 0 heterocycles. The first-order valence-electron chi connectivity index (χ1n) is 5.78. The number of nitrogens with two attached hydrogens (primary N) is 1. The first-order chi connectivity index (χ1) is 9.61. The Kier molecular flexibility index (Phi) is 4.49. The highest BCUT2D eigenvalue weighted by atomic mass is 79.9. The quantitative estimate of drug-likeness (QED) is 0.457. The molecule has 0 aromatic heterocycles. The number of carbonyl (C=O) groups is 2. The summed E-state index contributed by atoms with van der Waals surface area (Å²) >= 11 is 3.30. The molecule has 4 N–H and O–H groups in total. The van der Waals surface area contributed by atoms with E-state index in [0.717, 1.165) is 4.47 Å². The van der Waals surface area contributed by atoms with E-state index in [2.05, 4.69) is 21.2 Å². The summed E-state index contributed by atoms with van der Waals surface area (Å²) in [5.41, 5.74) is 3.25. The Morgan fingerprint density at radius 2 is 1.60 bits per heavy atom. The summed E-state index contributed by atoms with van der Waals surface area (Å²) in [7, 11) is 0. The number of hydrogen-bond donors (Lipinski definition) is 3. The maximum Gasteiger partial charge on any atom is 0.267 e. The summed E-state index contributed by atoms with van der Waals surface area (Å²) in [5, 5.41) is 2.69. The van der Waals surface area contributed by atoms with Gasteiger partial charge in [-0.15, -0.1) is 0 Å². The van der Waals surface area contributed by atoms with Gasteiger partial charge in [-0.3, -0.25) is 15.0 Å². The predicted molar refractivity (Wildman–Crippen MR) is 80.2 cm³/mol. The third kappa shape index (κ3) is 3.23. The number of hydrazine groups is 1. The minimum atomic E-state index is -0.461. The number of para-hydroxylation sites is 1. The second-order valence-corrected chi connectivity index (χ2v) is 4.90. The monoisotopic (exact) mass is 333 g/mol. The fourth-order valence-corrected chi connectivity index (χ4v) is 1.93. The van der Waals surface area contributed by atoms with E-state index in [4.69, 9.17) is 5.84 Å². The van der Waals surface area contributed by atoms with Gasteiger partial charge in [0, 0.05) is 10.0 Å². The molecule has 0 aliphatic heterocycles. The van der Waals surface area contributed by atoms with Crippen LogP contribution in [0.15, 0.2) is 53.0 Å². The highest BCUT2D eigenvalue weighted by molar-refractivity contribution is 9.10. The Bertz CT molecular complexity index is 641. The normalized spacial score (nSPS) is 9.90. The Labute approximate surface area is 124 Å². The zero-order valence-electron chi connectivity index (χ0n) is 10.4. The minimum absolute atomic E-state index is 0.297. The van der Waals surface area contributed by atoms with Gasteiger partial charge in [0.25, 0.3) is 11.8 Å². The van der Waals surface area contributed by atoms with Gasteiger partial charge in [0.1, 0.15) is 0 Å². The van der Waals surface area contributed by atoms with Gasteiger partial charge < -0.3 is 5.32 Å². The fraction of sp³-hybridized carbons (Fsp3) is 0. The molecule has 2 amide bonds. The van der Waals surface area contributed by atoms with Crippen LogP contribution < -0.4 is 16.6 Å². The van der Waals surface area contributed by atoms with Gasteiger partial charge in [0.2, 0.25) is 0 Å². The minimum Gasteiger partial charge on any atom is -0.321 e. The molecular weight excluding hydrogens is 322 g/mol. The van der Waals surface area contributed by atoms with E-state index in [1.54, 1.807) is 48.5 Å². The van der Waals surface area contributed by atoms with Gasteiger partial charge in [-0.1, -0.05) is 28.1 Å². The molecule has 0 saturated carbocycles. The molecule has 0 saturated heterocycles. The molecule has 0 unspecified atom stereocenters. The van der Waals surface area contributed by atoms with E-state index in [0.29, 0.717) is 16.8 Å². The SMILES string of the molecule is NNC(=O)c1ccccc1NC(=O)c1ccc(Br)cc1. The number of amides is 2. The van der Waals surface area contributed by atoms with Crippen molar-refractivity contribution in [1.29, 1.82) is 0 Å². The number of rotatable bonds is 3. The molecule has 6 heteroatoms. The van der Waals surface area contributed by atoms with Crippen LogP contribution in [0.5, 0.6) is 0 Å². The van der Waals surface area contributed by atoms with E-state index in [-0.39, 0.29) is 5.91 Å². The molecule has 0 radical (unpaired) electrons. The van der Waals surface area contributed by atoms with Gasteiger partial charge in [-0.2, -0.15) is 0 Å². The number of hydrogen-bond acceptors (Lipinski definition) is 3. The summed E-state index contributed by atoms with van der Waals surface area (Å²) in [4.78, 5) is 23.7. The molecular formula is C14H12BrN3O2. The number of halogens is 1. The molecule has 2 rings (SSSR count). The first kappa shape index (κ1) is 14.2. The second-order valence-electron chi connectivity index (χ2n) is 3.98. The predicted octanol–water partition coefficient (Wildman–Crippen LogP) is 2.30. The summed E-state index contributed by atoms with van der Waals surface area (Å²) in [6, 6.07) is 13.6. The lowest BCUT2D eigenvalue weighted by Gasteiger charge is -2.10. The highest BCUT2D eigenvalue weighted by Crippen LogP contribution is 2.17. The molecule has 0 spiro atoms. The number of benzene rings is 2. The first-order valence-corrected chi connectivity index (χ1v) is 6.58. The standard InChI is InChI=1S/C14H12BrN3O2/c15-10-7-5-9(6-8-10)13(19)17-12-4-2-1-3-11(12)14(20)18-16/h1-8H,16H2,(H,17,19)(H,18,20). The summed E-state index contributed by atoms with van der Waals surface area (Å²) in [6.07, 6.45) is 0. The van der Waals surface area contributed by atoms with Crippen LogP contribution in [0.3, 0.4) is 0 Å². The summed E-state index contributed by atoms with van der Waals surface area (Å²) in [5.74, 6) is 4.36. The maximum absolute atomic E-state index is 12.1. The van der Waals surface area contributed by atoms with Crippen molar-refractivity contribution < 1.29 is 9.59 Å². The Balaban J connectivity index is 2.24. The van der Waals surface area contributed by atoms with Crippen LogP contribution in [0.1, 0.15) is 20.7 Å². The van der Waals surface area contributed by atoms with Crippen LogP contribution in [0.4, 0.5) is 5.69 Å². The average molecular weight is 334 g/mol. The molecule has 102 valence electrons. The van der Waals surface area contributed by atoms with Crippen molar-refractivity contribution >= 4 is 33.4 Å². The van der Waals surface area contributed by atoms with Gasteiger partial charge in [0.05, 0.1) is 11.3 Å². The Morgan fingerprint density at radius 1 is 0.950 bits per heavy atom. The van der Waals surface area contributed by atoms with Gasteiger partial charge >= 0.3 is 0 Å². The number of carbonyl (C=O) groups excluding carboxylic acids is 2. The van der Waals surface area contributed by atoms with Crippen LogP contribution in [0, 0.1) is 0 Å². The molecule has 0 bridgehead atoms. The molecule has 0 aliphatic carbocycles. The molecule has 0 fully saturated rings. The largest absolute Gasteiger partial charge is 0.321 e. The zero-order valence-corrected chi connectivity index (χ0v) is 12.0. The molecule has 5 nitrogen and oxygen atoms in total. The second kappa shape index (κ2) is 6.31. The van der Waals surface area contributed by atoms with Crippen molar-refractivity contribution in [3.8, 4) is 0 Å². The Morgan fingerprint density at radius 3 is 2.25 bits per heavy atom. The summed E-state index contributed by atoms with van der Waals surface area (Å²) < 4.78 is 0.886. The van der Waals surface area contributed by atoms with E-state index in [9.17, 15) is 9.59 Å². The van der Waals surface area contributed by atoms with Gasteiger partial charge in [0.15, 0.2) is 0 Å². The van der Waals surface area contributed by atoms with Crippen molar-refractivity contribution in [2.24, 2.45) is 5.84 Å². The van der Waals surface area contributed by atoms with Gasteiger partial charge in [-0.25, -0.2) is 5.84 Å². The molecule has 2 aromatic carbocycles. The van der Waals surface area contributed by atoms with Crippen LogP contribution in [-0.4, -0.2) is 11.8 Å². The fourth-order valence-electron chi connectivity index (χ4n) is 1.66. The van der Waals surface area contributed by atoms with Crippen molar-refractivity contribution in [3.63, 3.8) is 0 Å². The van der Waals surface area contributed by atoms with Gasteiger partial charge in [-0.05, 0) is 36.4 Å². The van der Waals surface area contributed by atoms with Crippen molar-refractivity contribution in [3.05, 3.63) is 64.1 Å². The van der Waals surface area contributed by atoms with Crippen LogP contribution >= 0.6 is 15.9 Å². The molecule has 20 heavy (non-hydrogen) atoms. The third-order valence-electron chi connectivity index (χ3n) is 2.66. The van der Waals surface area contributed by atoms with Crippen LogP contribution in [-0.2, 0) is 0 Å². The molecule has 0 aliphatic rings. The lowest BCUT2D eigenvalue weighted by molar-refractivity contribution is 0.0954. The van der Waals surface area contributed by atoms with E-state index in [1.165, 1.54) is 0 Å². The average Bonchev–Trinajstić information content (AvgIpc) is 2.47. The lowest BCUT2D eigenvalue weighted by atomic mass is 10.1. The summed E-state index contributed by atoms with van der Waals surface area (Å²) in [6.45, 7) is 0. The number of nitrogen functional groups attached to an aromatic ring is 1. The zero-order chi connectivity index (χ0) is 14.5. The van der Waals surface area contributed by atoms with E-state index in [1.807, 2.05) is 5.43 Å². The smallest absolute Gasteiger partial charge is 0.267 e. The highest BCUT2D eigenvalue weighted by Gasteiger charge is 2.12. The van der Waals surface area contributed by atoms with E-state index < -0.39 is 5.91 Å². The van der Waals surface area contributed by atoms with Crippen LogP contribution in [0.2, 0.25) is 0 Å². The molecule has 0 atom stereocenters.